The standard InChI is InChI=1S/C16H21ClN2O.ClH/c17-14-3-1-13(2-4-14)16(7-8-16)15(20)19-10-6-12-5-9-18-11-12;/h1-4,12,18H,5-11H2,(H,19,20);1H. The molecule has 3 rings (SSSR count). The summed E-state index contributed by atoms with van der Waals surface area (Å²) in [6.07, 6.45) is 4.21. The van der Waals surface area contributed by atoms with Crippen LogP contribution < -0.4 is 10.6 Å². The summed E-state index contributed by atoms with van der Waals surface area (Å²) in [4.78, 5) is 12.4. The van der Waals surface area contributed by atoms with E-state index < -0.39 is 0 Å². The highest BCUT2D eigenvalue weighted by atomic mass is 35.5. The van der Waals surface area contributed by atoms with Crippen molar-refractivity contribution < 1.29 is 4.79 Å². The summed E-state index contributed by atoms with van der Waals surface area (Å²) in [6.45, 7) is 3.01. The van der Waals surface area contributed by atoms with Gasteiger partial charge in [0.2, 0.25) is 5.91 Å². The Morgan fingerprint density at radius 1 is 1.33 bits per heavy atom. The largest absolute Gasteiger partial charge is 0.355 e. The first-order valence-electron chi connectivity index (χ1n) is 7.46. The molecule has 1 saturated carbocycles. The third kappa shape index (κ3) is 3.71. The number of benzene rings is 1. The van der Waals surface area contributed by atoms with E-state index >= 15 is 0 Å². The zero-order valence-corrected chi connectivity index (χ0v) is 13.6. The van der Waals surface area contributed by atoms with Gasteiger partial charge in [-0.05, 0) is 62.4 Å². The predicted molar refractivity (Wildman–Crippen MR) is 88.2 cm³/mol. The molecule has 1 unspecified atom stereocenters. The Morgan fingerprint density at radius 2 is 2.05 bits per heavy atom. The lowest BCUT2D eigenvalue weighted by Gasteiger charge is -2.17. The first-order chi connectivity index (χ1) is 9.71. The molecule has 21 heavy (non-hydrogen) atoms. The number of carbonyl (C=O) groups excluding carboxylic acids is 1. The van der Waals surface area contributed by atoms with Gasteiger partial charge in [0.25, 0.3) is 0 Å². The summed E-state index contributed by atoms with van der Waals surface area (Å²) < 4.78 is 0. The van der Waals surface area contributed by atoms with Crippen LogP contribution in [-0.2, 0) is 10.2 Å². The molecule has 0 aromatic heterocycles. The first kappa shape index (κ1) is 16.6. The van der Waals surface area contributed by atoms with E-state index in [1.807, 2.05) is 24.3 Å². The quantitative estimate of drug-likeness (QED) is 0.872. The second-order valence-electron chi connectivity index (χ2n) is 5.99. The Bertz CT molecular complexity index is 480. The number of halogens is 2. The molecule has 1 amide bonds. The Labute approximate surface area is 137 Å². The average Bonchev–Trinajstić information content (AvgIpc) is 3.10. The molecular weight excluding hydrogens is 307 g/mol. The van der Waals surface area contributed by atoms with Crippen LogP contribution >= 0.6 is 24.0 Å². The summed E-state index contributed by atoms with van der Waals surface area (Å²) in [7, 11) is 0. The summed E-state index contributed by atoms with van der Waals surface area (Å²) in [6, 6.07) is 7.70. The van der Waals surface area contributed by atoms with Gasteiger partial charge in [-0.1, -0.05) is 23.7 Å². The molecule has 1 atom stereocenters. The smallest absolute Gasteiger partial charge is 0.230 e. The molecule has 1 saturated heterocycles. The normalized spacial score (nSPS) is 22.4. The minimum Gasteiger partial charge on any atom is -0.355 e. The highest BCUT2D eigenvalue weighted by molar-refractivity contribution is 6.30. The molecule has 0 bridgehead atoms. The molecule has 2 fully saturated rings. The number of hydrogen-bond acceptors (Lipinski definition) is 2. The number of carbonyl (C=O) groups is 1. The second kappa shape index (κ2) is 6.99. The molecule has 1 aliphatic heterocycles. The minimum atomic E-state index is -0.279. The van der Waals surface area contributed by atoms with Crippen molar-refractivity contribution in [2.24, 2.45) is 5.92 Å². The molecule has 1 heterocycles. The zero-order chi connectivity index (χ0) is 14.0. The minimum absolute atomic E-state index is 0. The zero-order valence-electron chi connectivity index (χ0n) is 12.0. The van der Waals surface area contributed by atoms with Crippen LogP contribution in [0.2, 0.25) is 5.02 Å². The van der Waals surface area contributed by atoms with Crippen molar-refractivity contribution in [3.05, 3.63) is 34.9 Å². The molecule has 2 aliphatic rings. The predicted octanol–water partition coefficient (Wildman–Crippen LogP) is 2.91. The number of nitrogens with one attached hydrogen (secondary N) is 2. The van der Waals surface area contributed by atoms with Gasteiger partial charge in [-0.3, -0.25) is 4.79 Å². The van der Waals surface area contributed by atoms with Crippen molar-refractivity contribution in [1.29, 1.82) is 0 Å². The van der Waals surface area contributed by atoms with E-state index in [-0.39, 0.29) is 23.7 Å². The van der Waals surface area contributed by atoms with E-state index in [0.29, 0.717) is 0 Å². The van der Waals surface area contributed by atoms with Gasteiger partial charge in [-0.15, -0.1) is 12.4 Å². The summed E-state index contributed by atoms with van der Waals surface area (Å²) in [5.74, 6) is 0.909. The van der Waals surface area contributed by atoms with Crippen molar-refractivity contribution in [2.45, 2.75) is 31.1 Å². The lowest BCUT2D eigenvalue weighted by molar-refractivity contribution is -0.123. The van der Waals surface area contributed by atoms with Crippen molar-refractivity contribution in [1.82, 2.24) is 10.6 Å². The van der Waals surface area contributed by atoms with Crippen molar-refractivity contribution in [3.63, 3.8) is 0 Å². The third-order valence-electron chi connectivity index (χ3n) is 4.58. The number of hydrogen-bond donors (Lipinski definition) is 2. The maximum absolute atomic E-state index is 12.4. The van der Waals surface area contributed by atoms with Crippen LogP contribution in [0.5, 0.6) is 0 Å². The number of rotatable bonds is 5. The summed E-state index contributed by atoms with van der Waals surface area (Å²) in [5.41, 5.74) is 0.820. The van der Waals surface area contributed by atoms with E-state index in [9.17, 15) is 4.79 Å². The fourth-order valence-corrected chi connectivity index (χ4v) is 3.19. The molecule has 2 N–H and O–H groups in total. The summed E-state index contributed by atoms with van der Waals surface area (Å²) in [5, 5.41) is 7.21. The molecule has 0 radical (unpaired) electrons. The second-order valence-corrected chi connectivity index (χ2v) is 6.43. The van der Waals surface area contributed by atoms with Gasteiger partial charge < -0.3 is 10.6 Å². The molecule has 1 aromatic rings. The Morgan fingerprint density at radius 3 is 2.62 bits per heavy atom. The van der Waals surface area contributed by atoms with Crippen LogP contribution in [-0.4, -0.2) is 25.5 Å². The molecule has 1 aromatic carbocycles. The average molecular weight is 329 g/mol. The van der Waals surface area contributed by atoms with Gasteiger partial charge in [0.05, 0.1) is 5.41 Å². The fourth-order valence-electron chi connectivity index (χ4n) is 3.06. The van der Waals surface area contributed by atoms with E-state index in [4.69, 9.17) is 11.6 Å². The third-order valence-corrected chi connectivity index (χ3v) is 4.83. The molecule has 116 valence electrons. The molecule has 5 heteroatoms. The van der Waals surface area contributed by atoms with Crippen molar-refractivity contribution in [3.8, 4) is 0 Å². The molecular formula is C16H22Cl2N2O. The molecule has 0 spiro atoms. The van der Waals surface area contributed by atoms with Crippen molar-refractivity contribution in [2.75, 3.05) is 19.6 Å². The maximum Gasteiger partial charge on any atom is 0.230 e. The topological polar surface area (TPSA) is 41.1 Å². The monoisotopic (exact) mass is 328 g/mol. The van der Waals surface area contributed by atoms with E-state index in [2.05, 4.69) is 10.6 Å². The van der Waals surface area contributed by atoms with E-state index in [0.717, 1.165) is 55.4 Å². The Kier molecular flexibility index (Phi) is 5.53. The molecule has 3 nitrogen and oxygen atoms in total. The SMILES string of the molecule is Cl.O=C(NCCC1CCNC1)C1(c2ccc(Cl)cc2)CC1. The van der Waals surface area contributed by atoms with Crippen LogP contribution in [0.1, 0.15) is 31.2 Å². The van der Waals surface area contributed by atoms with Gasteiger partial charge in [0, 0.05) is 11.6 Å². The van der Waals surface area contributed by atoms with Crippen LogP contribution in [0.15, 0.2) is 24.3 Å². The Balaban J connectivity index is 0.00000161. The van der Waals surface area contributed by atoms with E-state index in [1.165, 1.54) is 6.42 Å². The van der Waals surface area contributed by atoms with Crippen LogP contribution in [0, 0.1) is 5.92 Å². The van der Waals surface area contributed by atoms with E-state index in [1.54, 1.807) is 0 Å². The highest BCUT2D eigenvalue weighted by Gasteiger charge is 2.50. The van der Waals surface area contributed by atoms with Crippen LogP contribution in [0.3, 0.4) is 0 Å². The lowest BCUT2D eigenvalue weighted by atomic mass is 9.95. The van der Waals surface area contributed by atoms with Gasteiger partial charge in [-0.2, -0.15) is 0 Å². The fraction of sp³-hybridized carbons (Fsp3) is 0.562. The maximum atomic E-state index is 12.4. The Hall–Kier alpha value is -0.770. The van der Waals surface area contributed by atoms with Gasteiger partial charge in [0.15, 0.2) is 0 Å². The summed E-state index contributed by atoms with van der Waals surface area (Å²) >= 11 is 5.91. The van der Waals surface area contributed by atoms with Gasteiger partial charge in [0.1, 0.15) is 0 Å². The van der Waals surface area contributed by atoms with Crippen LogP contribution in [0.4, 0.5) is 0 Å². The van der Waals surface area contributed by atoms with Gasteiger partial charge in [-0.25, -0.2) is 0 Å². The van der Waals surface area contributed by atoms with Crippen LogP contribution in [0.25, 0.3) is 0 Å². The molecule has 1 aliphatic carbocycles. The van der Waals surface area contributed by atoms with Crippen molar-refractivity contribution >= 4 is 29.9 Å². The van der Waals surface area contributed by atoms with Gasteiger partial charge >= 0.3 is 0 Å². The highest BCUT2D eigenvalue weighted by Crippen LogP contribution is 2.48. The number of amides is 1. The first-order valence-corrected chi connectivity index (χ1v) is 7.83. The lowest BCUT2D eigenvalue weighted by Crippen LogP contribution is -2.36.